The van der Waals surface area contributed by atoms with Crippen molar-refractivity contribution in [3.05, 3.63) is 23.8 Å². The van der Waals surface area contributed by atoms with Gasteiger partial charge in [0.15, 0.2) is 0 Å². The van der Waals surface area contributed by atoms with Crippen LogP contribution < -0.4 is 0 Å². The third-order valence-electron chi connectivity index (χ3n) is 6.17. The maximum absolute atomic E-state index is 10.8. The molecular weight excluding hydrogens is 260 g/mol. The summed E-state index contributed by atoms with van der Waals surface area (Å²) in [5.74, 6) is 1.39. The Balaban J connectivity index is 2.11. The molecule has 4 atom stereocenters. The maximum Gasteiger partial charge on any atom is 0.328 e. The summed E-state index contributed by atoms with van der Waals surface area (Å²) < 4.78 is 0. The van der Waals surface area contributed by atoms with E-state index in [1.807, 2.05) is 6.92 Å². The average Bonchev–Trinajstić information content (AvgIpc) is 2.36. The second kappa shape index (κ2) is 6.37. The molecule has 2 fully saturated rings. The highest BCUT2D eigenvalue weighted by atomic mass is 16.4. The lowest BCUT2D eigenvalue weighted by atomic mass is 9.51. The minimum absolute atomic E-state index is 0.385. The molecule has 2 heteroatoms. The first-order chi connectivity index (χ1) is 9.84. The molecular formula is C19H30O2. The molecule has 118 valence electrons. The molecule has 21 heavy (non-hydrogen) atoms. The Labute approximate surface area is 129 Å². The minimum Gasteiger partial charge on any atom is -0.478 e. The zero-order chi connectivity index (χ0) is 15.6. The highest BCUT2D eigenvalue weighted by molar-refractivity contribution is 5.80. The van der Waals surface area contributed by atoms with Gasteiger partial charge in [-0.3, -0.25) is 0 Å². The molecule has 0 aromatic heterocycles. The molecule has 2 rings (SSSR count). The van der Waals surface area contributed by atoms with Crippen molar-refractivity contribution < 1.29 is 9.90 Å². The molecule has 0 bridgehead atoms. The van der Waals surface area contributed by atoms with Crippen molar-refractivity contribution in [3.8, 4) is 0 Å². The summed E-state index contributed by atoms with van der Waals surface area (Å²) in [6.07, 6.45) is 9.79. The van der Waals surface area contributed by atoms with E-state index in [4.69, 9.17) is 5.11 Å². The van der Waals surface area contributed by atoms with Crippen molar-refractivity contribution in [1.29, 1.82) is 0 Å². The molecule has 2 aliphatic rings. The van der Waals surface area contributed by atoms with E-state index in [1.54, 1.807) is 0 Å². The van der Waals surface area contributed by atoms with E-state index in [1.165, 1.54) is 37.3 Å². The number of allylic oxidation sites excluding steroid dienone is 2. The first-order valence-electron chi connectivity index (χ1n) is 8.42. The molecule has 1 N–H and O–H groups in total. The molecule has 0 amide bonds. The van der Waals surface area contributed by atoms with Crippen LogP contribution in [0, 0.1) is 23.2 Å². The van der Waals surface area contributed by atoms with E-state index < -0.39 is 5.97 Å². The third-order valence-corrected chi connectivity index (χ3v) is 6.17. The van der Waals surface area contributed by atoms with Crippen molar-refractivity contribution in [2.45, 2.75) is 65.7 Å². The molecule has 0 aromatic carbocycles. The Morgan fingerprint density at radius 3 is 2.86 bits per heavy atom. The summed E-state index contributed by atoms with van der Waals surface area (Å²) in [7, 11) is 0. The highest BCUT2D eigenvalue weighted by Gasteiger charge is 2.48. The highest BCUT2D eigenvalue weighted by Crippen LogP contribution is 2.57. The van der Waals surface area contributed by atoms with E-state index in [0.717, 1.165) is 36.7 Å². The summed E-state index contributed by atoms with van der Waals surface area (Å²) >= 11 is 0. The fourth-order valence-corrected chi connectivity index (χ4v) is 5.06. The Kier molecular flexibility index (Phi) is 4.95. The van der Waals surface area contributed by atoms with Crippen LogP contribution in [-0.2, 0) is 4.79 Å². The normalized spacial score (nSPS) is 37.2. The van der Waals surface area contributed by atoms with Crippen molar-refractivity contribution in [2.24, 2.45) is 23.2 Å². The van der Waals surface area contributed by atoms with E-state index >= 15 is 0 Å². The topological polar surface area (TPSA) is 37.3 Å². The first kappa shape index (κ1) is 16.3. The van der Waals surface area contributed by atoms with Crippen molar-refractivity contribution >= 4 is 5.97 Å². The van der Waals surface area contributed by atoms with Crippen molar-refractivity contribution in [1.82, 2.24) is 0 Å². The lowest BCUT2D eigenvalue weighted by molar-refractivity contribution is -0.131. The summed E-state index contributed by atoms with van der Waals surface area (Å²) in [6, 6.07) is 0. The summed E-state index contributed by atoms with van der Waals surface area (Å²) in [5, 5.41) is 8.85. The molecule has 0 aliphatic heterocycles. The predicted molar refractivity (Wildman–Crippen MR) is 87.1 cm³/mol. The summed E-state index contributed by atoms with van der Waals surface area (Å²) in [5.41, 5.74) is 2.77. The molecule has 0 heterocycles. The van der Waals surface area contributed by atoms with E-state index in [0.29, 0.717) is 11.3 Å². The molecule has 0 aromatic rings. The van der Waals surface area contributed by atoms with Crippen LogP contribution in [0.15, 0.2) is 23.8 Å². The van der Waals surface area contributed by atoms with Gasteiger partial charge in [0.2, 0.25) is 0 Å². The van der Waals surface area contributed by atoms with Crippen LogP contribution in [-0.4, -0.2) is 11.1 Å². The fraction of sp³-hybridized carbons (Fsp3) is 0.737. The molecule has 2 nitrogen and oxygen atoms in total. The van der Waals surface area contributed by atoms with Crippen LogP contribution in [0.1, 0.15) is 65.7 Å². The Morgan fingerprint density at radius 2 is 2.19 bits per heavy atom. The second-order valence-electron chi connectivity index (χ2n) is 7.60. The van der Waals surface area contributed by atoms with Crippen LogP contribution in [0.3, 0.4) is 0 Å². The second-order valence-corrected chi connectivity index (χ2v) is 7.60. The lowest BCUT2D eigenvalue weighted by Crippen LogP contribution is -2.45. The number of rotatable bonds is 4. The van der Waals surface area contributed by atoms with Crippen LogP contribution in [0.5, 0.6) is 0 Å². The van der Waals surface area contributed by atoms with Gasteiger partial charge < -0.3 is 5.11 Å². The summed E-state index contributed by atoms with van der Waals surface area (Å²) in [4.78, 5) is 10.8. The molecule has 0 radical (unpaired) electrons. The minimum atomic E-state index is -0.828. The van der Waals surface area contributed by atoms with Gasteiger partial charge in [-0.05, 0) is 62.2 Å². The number of carbonyl (C=O) groups is 1. The number of aliphatic carboxylic acids is 1. The number of carboxylic acids is 1. The fourth-order valence-electron chi connectivity index (χ4n) is 5.06. The third kappa shape index (κ3) is 3.41. The Morgan fingerprint density at radius 1 is 1.48 bits per heavy atom. The Hall–Kier alpha value is -1.05. The monoisotopic (exact) mass is 290 g/mol. The van der Waals surface area contributed by atoms with Gasteiger partial charge in [-0.25, -0.2) is 4.79 Å². The van der Waals surface area contributed by atoms with Gasteiger partial charge in [0.05, 0.1) is 0 Å². The zero-order valence-electron chi connectivity index (χ0n) is 13.8. The van der Waals surface area contributed by atoms with Gasteiger partial charge >= 0.3 is 5.97 Å². The molecule has 2 aliphatic carbocycles. The van der Waals surface area contributed by atoms with E-state index in [9.17, 15) is 4.79 Å². The van der Waals surface area contributed by atoms with Crippen LogP contribution in [0.4, 0.5) is 0 Å². The predicted octanol–water partition coefficient (Wildman–Crippen LogP) is 5.21. The smallest absolute Gasteiger partial charge is 0.328 e. The molecule has 2 saturated carbocycles. The van der Waals surface area contributed by atoms with Gasteiger partial charge in [0.25, 0.3) is 0 Å². The van der Waals surface area contributed by atoms with E-state index in [2.05, 4.69) is 20.4 Å². The van der Waals surface area contributed by atoms with Crippen molar-refractivity contribution in [3.63, 3.8) is 0 Å². The van der Waals surface area contributed by atoms with Gasteiger partial charge in [-0.1, -0.05) is 44.4 Å². The molecule has 0 spiro atoms. The maximum atomic E-state index is 10.8. The number of hydrogen-bond donors (Lipinski definition) is 1. The summed E-state index contributed by atoms with van der Waals surface area (Å²) in [6.45, 7) is 11.2. The SMILES string of the molecule is C=C1CC[C@H]2[C@H](C)CCC[C@]2(C)[C@H]1CC/C(C)=C/C(=O)O. The number of fused-ring (bicyclic) bond motifs is 1. The zero-order valence-corrected chi connectivity index (χ0v) is 13.8. The molecule has 0 saturated heterocycles. The number of hydrogen-bond acceptors (Lipinski definition) is 1. The largest absolute Gasteiger partial charge is 0.478 e. The van der Waals surface area contributed by atoms with Gasteiger partial charge in [0, 0.05) is 6.08 Å². The van der Waals surface area contributed by atoms with E-state index in [-0.39, 0.29) is 0 Å². The van der Waals surface area contributed by atoms with Gasteiger partial charge in [-0.15, -0.1) is 0 Å². The van der Waals surface area contributed by atoms with Crippen molar-refractivity contribution in [2.75, 3.05) is 0 Å². The van der Waals surface area contributed by atoms with Crippen LogP contribution >= 0.6 is 0 Å². The van der Waals surface area contributed by atoms with Crippen LogP contribution in [0.25, 0.3) is 0 Å². The molecule has 0 unspecified atom stereocenters. The lowest BCUT2D eigenvalue weighted by Gasteiger charge is -2.54. The average molecular weight is 290 g/mol. The van der Waals surface area contributed by atoms with Crippen LogP contribution in [0.2, 0.25) is 0 Å². The standard InChI is InChI=1S/C19H30O2/c1-13(12-18(20)21)7-9-16-15(3)8-10-17-14(2)6-5-11-19(16,17)4/h12,14,16-17H,3,5-11H2,1-2,4H3,(H,20,21)/b13-12+/t14-,16+,17+,19-/m1/s1. The van der Waals surface area contributed by atoms with Gasteiger partial charge in [-0.2, -0.15) is 0 Å². The first-order valence-corrected chi connectivity index (χ1v) is 8.42. The quantitative estimate of drug-likeness (QED) is 0.570. The number of carboxylic acid groups (broad SMARTS) is 1. The Bertz CT molecular complexity index is 448. The van der Waals surface area contributed by atoms with Gasteiger partial charge in [0.1, 0.15) is 0 Å².